The maximum atomic E-state index is 12.9. The van der Waals surface area contributed by atoms with Crippen molar-refractivity contribution in [3.8, 4) is 0 Å². The molecule has 1 aliphatic carbocycles. The van der Waals surface area contributed by atoms with Crippen molar-refractivity contribution in [3.05, 3.63) is 0 Å². The molecule has 0 aromatic carbocycles. The predicted molar refractivity (Wildman–Crippen MR) is 43.5 cm³/mol. The molecule has 0 heterocycles. The zero-order valence-corrected chi connectivity index (χ0v) is 7.60. The summed E-state index contributed by atoms with van der Waals surface area (Å²) in [6.07, 6.45) is 2.18. The largest absolute Gasteiger partial charge is 0.465 e. The fourth-order valence-corrected chi connectivity index (χ4v) is 1.09. The normalized spacial score (nSPS) is 33.1. The molecule has 0 radical (unpaired) electrons. The van der Waals surface area contributed by atoms with Crippen LogP contribution in [0.2, 0.25) is 0 Å². The van der Waals surface area contributed by atoms with Gasteiger partial charge in [0.15, 0.2) is 0 Å². The van der Waals surface area contributed by atoms with Gasteiger partial charge >= 0.3 is 5.97 Å². The number of carbonyl (C=O) groups excluding carboxylic acids is 1. The van der Waals surface area contributed by atoms with E-state index in [1.165, 1.54) is 6.92 Å². The monoisotopic (exact) mass is 174 g/mol. The number of unbranched alkanes of at least 4 members (excludes halogenated alkanes) is 1. The average molecular weight is 174 g/mol. The second kappa shape index (κ2) is 3.42. The quantitative estimate of drug-likeness (QED) is 0.481. The van der Waals surface area contributed by atoms with Gasteiger partial charge in [-0.2, -0.15) is 0 Å². The molecule has 0 aromatic rings. The van der Waals surface area contributed by atoms with Crippen molar-refractivity contribution in [3.63, 3.8) is 0 Å². The van der Waals surface area contributed by atoms with Crippen LogP contribution >= 0.6 is 0 Å². The molecule has 1 saturated carbocycles. The molecule has 2 atom stereocenters. The molecule has 3 heteroatoms. The lowest BCUT2D eigenvalue weighted by molar-refractivity contribution is -0.146. The molecule has 2 unspecified atom stereocenters. The van der Waals surface area contributed by atoms with Gasteiger partial charge in [0, 0.05) is 0 Å². The lowest BCUT2D eigenvalue weighted by Gasteiger charge is -2.02. The van der Waals surface area contributed by atoms with E-state index < -0.39 is 11.6 Å². The maximum absolute atomic E-state index is 12.9. The maximum Gasteiger partial charge on any atom is 0.312 e. The Morgan fingerprint density at radius 1 is 1.75 bits per heavy atom. The van der Waals surface area contributed by atoms with Crippen LogP contribution in [-0.2, 0) is 9.53 Å². The van der Waals surface area contributed by atoms with Gasteiger partial charge in [-0.1, -0.05) is 13.3 Å². The highest BCUT2D eigenvalue weighted by Gasteiger charge is 2.56. The van der Waals surface area contributed by atoms with Crippen LogP contribution in [0.3, 0.4) is 0 Å². The van der Waals surface area contributed by atoms with Crippen molar-refractivity contribution >= 4 is 5.97 Å². The molecule has 1 aliphatic rings. The van der Waals surface area contributed by atoms with Gasteiger partial charge in [0.05, 0.1) is 12.5 Å². The Kier molecular flexibility index (Phi) is 2.70. The van der Waals surface area contributed by atoms with E-state index in [0.717, 1.165) is 12.8 Å². The van der Waals surface area contributed by atoms with Gasteiger partial charge in [-0.25, -0.2) is 4.39 Å². The number of hydrogen-bond acceptors (Lipinski definition) is 2. The Morgan fingerprint density at radius 3 is 2.75 bits per heavy atom. The summed E-state index contributed by atoms with van der Waals surface area (Å²) >= 11 is 0. The predicted octanol–water partition coefficient (Wildman–Crippen LogP) is 2.08. The lowest BCUT2D eigenvalue weighted by atomic mass is 10.3. The number of hydrogen-bond donors (Lipinski definition) is 0. The Bertz CT molecular complexity index is 177. The van der Waals surface area contributed by atoms with Crippen LogP contribution in [0.25, 0.3) is 0 Å². The molecule has 0 saturated heterocycles. The summed E-state index contributed by atoms with van der Waals surface area (Å²) in [4.78, 5) is 11.0. The molecule has 2 nitrogen and oxygen atoms in total. The zero-order valence-electron chi connectivity index (χ0n) is 7.60. The minimum atomic E-state index is -1.29. The van der Waals surface area contributed by atoms with Crippen LogP contribution in [0.1, 0.15) is 33.1 Å². The number of ether oxygens (including phenoxy) is 1. The van der Waals surface area contributed by atoms with Crippen molar-refractivity contribution in [2.45, 2.75) is 38.8 Å². The molecule has 0 amide bonds. The molecule has 0 aliphatic heterocycles. The number of rotatable bonds is 4. The molecule has 0 spiro atoms. The topological polar surface area (TPSA) is 26.3 Å². The second-order valence-corrected chi connectivity index (χ2v) is 3.56. The first-order chi connectivity index (χ1) is 5.58. The number of alkyl halides is 1. The van der Waals surface area contributed by atoms with Gasteiger partial charge < -0.3 is 4.74 Å². The highest BCUT2D eigenvalue weighted by atomic mass is 19.1. The third kappa shape index (κ3) is 2.19. The Morgan fingerprint density at radius 2 is 2.33 bits per heavy atom. The average Bonchev–Trinajstić information content (AvgIpc) is 2.60. The first kappa shape index (κ1) is 9.49. The fourth-order valence-electron chi connectivity index (χ4n) is 1.09. The van der Waals surface area contributed by atoms with Crippen LogP contribution in [0.5, 0.6) is 0 Å². The summed E-state index contributed by atoms with van der Waals surface area (Å²) in [5.41, 5.74) is -1.29. The van der Waals surface area contributed by atoms with Crippen LogP contribution in [0.4, 0.5) is 4.39 Å². The van der Waals surface area contributed by atoms with Crippen molar-refractivity contribution in [2.75, 3.05) is 6.61 Å². The van der Waals surface area contributed by atoms with Gasteiger partial charge in [0.1, 0.15) is 5.67 Å². The molecule has 70 valence electrons. The van der Waals surface area contributed by atoms with Crippen molar-refractivity contribution in [2.24, 2.45) is 5.92 Å². The first-order valence-corrected chi connectivity index (χ1v) is 4.43. The summed E-state index contributed by atoms with van der Waals surface area (Å²) in [6, 6.07) is 0. The highest BCUT2D eigenvalue weighted by Crippen LogP contribution is 2.47. The standard InChI is InChI=1S/C9H15FO2/c1-3-4-5-12-8(11)7-6-9(7,2)10/h7H,3-6H2,1-2H3. The third-order valence-corrected chi connectivity index (χ3v) is 2.20. The van der Waals surface area contributed by atoms with Crippen molar-refractivity contribution in [1.29, 1.82) is 0 Å². The van der Waals surface area contributed by atoms with Crippen molar-refractivity contribution < 1.29 is 13.9 Å². The molecule has 1 fully saturated rings. The SMILES string of the molecule is CCCCOC(=O)C1CC1(C)F. The number of halogens is 1. The summed E-state index contributed by atoms with van der Waals surface area (Å²) in [5, 5.41) is 0. The number of carbonyl (C=O) groups is 1. The molecule has 12 heavy (non-hydrogen) atoms. The smallest absolute Gasteiger partial charge is 0.312 e. The summed E-state index contributed by atoms with van der Waals surface area (Å²) in [6.45, 7) is 3.89. The van der Waals surface area contributed by atoms with Gasteiger partial charge in [-0.05, 0) is 19.8 Å². The molecule has 0 aromatic heterocycles. The molecule has 0 bridgehead atoms. The number of esters is 1. The van der Waals surface area contributed by atoms with Gasteiger partial charge in [-0.3, -0.25) is 4.79 Å². The van der Waals surface area contributed by atoms with E-state index in [2.05, 4.69) is 0 Å². The molecular formula is C9H15FO2. The van der Waals surface area contributed by atoms with E-state index in [1.54, 1.807) is 0 Å². The summed E-state index contributed by atoms with van der Waals surface area (Å²) < 4.78 is 17.8. The minimum absolute atomic E-state index is 0.331. The Labute approximate surface area is 72.1 Å². The van der Waals surface area contributed by atoms with Crippen LogP contribution < -0.4 is 0 Å². The third-order valence-electron chi connectivity index (χ3n) is 2.20. The first-order valence-electron chi connectivity index (χ1n) is 4.43. The van der Waals surface area contributed by atoms with Gasteiger partial charge in [0.25, 0.3) is 0 Å². The Balaban J connectivity index is 2.14. The van der Waals surface area contributed by atoms with E-state index in [1.807, 2.05) is 6.92 Å². The molecular weight excluding hydrogens is 159 g/mol. The van der Waals surface area contributed by atoms with Gasteiger partial charge in [0.2, 0.25) is 0 Å². The van der Waals surface area contributed by atoms with E-state index in [0.29, 0.717) is 13.0 Å². The molecule has 1 rings (SSSR count). The fraction of sp³-hybridized carbons (Fsp3) is 0.889. The van der Waals surface area contributed by atoms with E-state index in [9.17, 15) is 9.18 Å². The molecule has 0 N–H and O–H groups in total. The summed E-state index contributed by atoms with van der Waals surface area (Å²) in [7, 11) is 0. The van der Waals surface area contributed by atoms with Crippen LogP contribution in [-0.4, -0.2) is 18.2 Å². The van der Waals surface area contributed by atoms with E-state index in [4.69, 9.17) is 4.74 Å². The van der Waals surface area contributed by atoms with E-state index >= 15 is 0 Å². The summed E-state index contributed by atoms with van der Waals surface area (Å²) in [5.74, 6) is -0.859. The van der Waals surface area contributed by atoms with Crippen LogP contribution in [0.15, 0.2) is 0 Å². The van der Waals surface area contributed by atoms with Gasteiger partial charge in [-0.15, -0.1) is 0 Å². The van der Waals surface area contributed by atoms with E-state index in [-0.39, 0.29) is 5.97 Å². The minimum Gasteiger partial charge on any atom is -0.465 e. The second-order valence-electron chi connectivity index (χ2n) is 3.56. The Hall–Kier alpha value is -0.600. The zero-order chi connectivity index (χ0) is 9.19. The van der Waals surface area contributed by atoms with Crippen LogP contribution in [0, 0.1) is 5.92 Å². The van der Waals surface area contributed by atoms with Crippen molar-refractivity contribution in [1.82, 2.24) is 0 Å². The lowest BCUT2D eigenvalue weighted by Crippen LogP contribution is -2.12. The highest BCUT2D eigenvalue weighted by molar-refractivity contribution is 5.77.